The Bertz CT molecular complexity index is 114. The summed E-state index contributed by atoms with van der Waals surface area (Å²) in [6, 6.07) is 0. The zero-order chi connectivity index (χ0) is 7.61. The zero-order valence-corrected chi connectivity index (χ0v) is 6.55. The molecule has 0 aromatic heterocycles. The van der Waals surface area contributed by atoms with Crippen LogP contribution in [0.3, 0.4) is 0 Å². The highest BCUT2D eigenvalue weighted by atomic mass is 16.5. The summed E-state index contributed by atoms with van der Waals surface area (Å²) in [5, 5.41) is 12.8. The lowest BCUT2D eigenvalue weighted by molar-refractivity contribution is -0.0954. The van der Waals surface area contributed by atoms with Gasteiger partial charge in [-0.05, 0) is 19.9 Å². The number of hydrogen-bond acceptors (Lipinski definition) is 3. The normalized spacial score (nSPS) is 41.7. The second kappa shape index (κ2) is 2.86. The molecule has 2 N–H and O–H groups in total. The molecule has 1 fully saturated rings. The fraction of sp³-hybridized carbons (Fsp3) is 1.00. The van der Waals surface area contributed by atoms with E-state index in [0.29, 0.717) is 6.54 Å². The van der Waals surface area contributed by atoms with Gasteiger partial charge < -0.3 is 15.2 Å². The van der Waals surface area contributed by atoms with Crippen LogP contribution in [0.15, 0.2) is 0 Å². The Hall–Kier alpha value is -0.120. The van der Waals surface area contributed by atoms with E-state index in [2.05, 4.69) is 5.32 Å². The van der Waals surface area contributed by atoms with Crippen molar-refractivity contribution in [1.29, 1.82) is 0 Å². The molecule has 1 aliphatic heterocycles. The molecule has 0 aromatic carbocycles. The number of methoxy groups -OCH3 is 1. The molecule has 0 aromatic rings. The molecule has 0 bridgehead atoms. The summed E-state index contributed by atoms with van der Waals surface area (Å²) in [6.45, 7) is 3.37. The Balaban J connectivity index is 2.51. The molecule has 1 saturated heterocycles. The Morgan fingerprint density at radius 1 is 1.70 bits per heavy atom. The van der Waals surface area contributed by atoms with Crippen molar-refractivity contribution < 1.29 is 9.84 Å². The molecule has 0 aliphatic carbocycles. The van der Waals surface area contributed by atoms with E-state index in [1.807, 2.05) is 0 Å². The van der Waals surface area contributed by atoms with Gasteiger partial charge in [0.15, 0.2) is 0 Å². The van der Waals surface area contributed by atoms with Crippen LogP contribution >= 0.6 is 0 Å². The van der Waals surface area contributed by atoms with Crippen molar-refractivity contribution in [2.45, 2.75) is 25.0 Å². The first-order valence-electron chi connectivity index (χ1n) is 3.63. The number of ether oxygens (including phenoxy) is 1. The van der Waals surface area contributed by atoms with Gasteiger partial charge in [0.05, 0.1) is 6.10 Å². The summed E-state index contributed by atoms with van der Waals surface area (Å²) in [7, 11) is 1.64. The van der Waals surface area contributed by atoms with Crippen LogP contribution in [0.4, 0.5) is 0 Å². The zero-order valence-electron chi connectivity index (χ0n) is 6.55. The van der Waals surface area contributed by atoms with Gasteiger partial charge in [-0.2, -0.15) is 0 Å². The fourth-order valence-electron chi connectivity index (χ4n) is 1.37. The lowest BCUT2D eigenvalue weighted by Crippen LogP contribution is -2.54. The highest BCUT2D eigenvalue weighted by Crippen LogP contribution is 2.17. The molecule has 0 saturated carbocycles. The maximum absolute atomic E-state index is 9.65. The van der Waals surface area contributed by atoms with E-state index in [0.717, 1.165) is 13.0 Å². The number of aliphatic hydroxyl groups is 1. The van der Waals surface area contributed by atoms with E-state index in [4.69, 9.17) is 4.74 Å². The molecule has 2 atom stereocenters. The van der Waals surface area contributed by atoms with Crippen molar-refractivity contribution >= 4 is 0 Å². The summed E-state index contributed by atoms with van der Waals surface area (Å²) < 4.78 is 5.12. The smallest absolute Gasteiger partial charge is 0.100 e. The van der Waals surface area contributed by atoms with Crippen LogP contribution in [-0.2, 0) is 4.74 Å². The average molecular weight is 145 g/mol. The van der Waals surface area contributed by atoms with Gasteiger partial charge in [0.2, 0.25) is 0 Å². The third kappa shape index (κ3) is 1.48. The maximum Gasteiger partial charge on any atom is 0.100 e. The second-order valence-electron chi connectivity index (χ2n) is 3.05. The predicted octanol–water partition coefficient (Wildman–Crippen LogP) is -0.254. The van der Waals surface area contributed by atoms with E-state index >= 15 is 0 Å². The molecule has 1 rings (SSSR count). The molecule has 3 nitrogen and oxygen atoms in total. The Morgan fingerprint density at radius 2 is 2.40 bits per heavy atom. The third-order valence-electron chi connectivity index (χ3n) is 2.04. The molecule has 0 spiro atoms. The van der Waals surface area contributed by atoms with Gasteiger partial charge in [-0.15, -0.1) is 0 Å². The van der Waals surface area contributed by atoms with E-state index < -0.39 is 5.60 Å². The summed E-state index contributed by atoms with van der Waals surface area (Å²) in [6.07, 6.45) is 0.887. The van der Waals surface area contributed by atoms with Crippen LogP contribution in [0.1, 0.15) is 13.3 Å². The first kappa shape index (κ1) is 7.98. The summed E-state index contributed by atoms with van der Waals surface area (Å²) >= 11 is 0. The minimum absolute atomic E-state index is 0.00579. The number of piperidine rings is 1. The van der Waals surface area contributed by atoms with Crippen LogP contribution in [-0.4, -0.2) is 37.0 Å². The lowest BCUT2D eigenvalue weighted by Gasteiger charge is -2.36. The van der Waals surface area contributed by atoms with Crippen molar-refractivity contribution in [3.63, 3.8) is 0 Å². The fourth-order valence-corrected chi connectivity index (χ4v) is 1.37. The molecule has 10 heavy (non-hydrogen) atoms. The summed E-state index contributed by atoms with van der Waals surface area (Å²) in [4.78, 5) is 0. The van der Waals surface area contributed by atoms with Crippen molar-refractivity contribution in [3.05, 3.63) is 0 Å². The van der Waals surface area contributed by atoms with Crippen LogP contribution in [0.2, 0.25) is 0 Å². The van der Waals surface area contributed by atoms with Crippen molar-refractivity contribution in [1.82, 2.24) is 5.32 Å². The first-order chi connectivity index (χ1) is 4.67. The van der Waals surface area contributed by atoms with Gasteiger partial charge in [0, 0.05) is 13.7 Å². The number of β-amino-alcohol motifs (C(OH)–C–C–N with tert-alkyl or cyclic N) is 1. The third-order valence-corrected chi connectivity index (χ3v) is 2.04. The van der Waals surface area contributed by atoms with Gasteiger partial charge in [-0.25, -0.2) is 0 Å². The maximum atomic E-state index is 9.65. The highest BCUT2D eigenvalue weighted by molar-refractivity contribution is 4.89. The second-order valence-corrected chi connectivity index (χ2v) is 3.05. The molecule has 2 unspecified atom stereocenters. The van der Waals surface area contributed by atoms with E-state index in [1.165, 1.54) is 0 Å². The predicted molar refractivity (Wildman–Crippen MR) is 38.9 cm³/mol. The van der Waals surface area contributed by atoms with E-state index in [-0.39, 0.29) is 6.10 Å². The monoisotopic (exact) mass is 145 g/mol. The molecule has 3 heteroatoms. The SMILES string of the molecule is COC1CCNCC1(C)O. The van der Waals surface area contributed by atoms with Crippen LogP contribution in [0, 0.1) is 0 Å². The minimum atomic E-state index is -0.688. The number of hydrogen-bond donors (Lipinski definition) is 2. The quantitative estimate of drug-likeness (QED) is 0.534. The molecular weight excluding hydrogens is 130 g/mol. The van der Waals surface area contributed by atoms with Gasteiger partial charge in [0.1, 0.15) is 5.60 Å². The van der Waals surface area contributed by atoms with E-state index in [1.54, 1.807) is 14.0 Å². The van der Waals surface area contributed by atoms with Crippen molar-refractivity contribution in [2.24, 2.45) is 0 Å². The molecule has 60 valence electrons. The van der Waals surface area contributed by atoms with Crippen LogP contribution in [0.25, 0.3) is 0 Å². The summed E-state index contributed by atoms with van der Waals surface area (Å²) in [5.74, 6) is 0. The molecule has 0 amide bonds. The first-order valence-corrected chi connectivity index (χ1v) is 3.63. The molecule has 1 heterocycles. The minimum Gasteiger partial charge on any atom is -0.386 e. The van der Waals surface area contributed by atoms with Crippen LogP contribution < -0.4 is 5.32 Å². The van der Waals surface area contributed by atoms with Gasteiger partial charge in [-0.1, -0.05) is 0 Å². The number of nitrogens with one attached hydrogen (secondary N) is 1. The summed E-state index contributed by atoms with van der Waals surface area (Å²) in [5.41, 5.74) is -0.688. The molecule has 0 radical (unpaired) electrons. The molecule has 1 aliphatic rings. The van der Waals surface area contributed by atoms with Crippen molar-refractivity contribution in [2.75, 3.05) is 20.2 Å². The van der Waals surface area contributed by atoms with Gasteiger partial charge in [0.25, 0.3) is 0 Å². The van der Waals surface area contributed by atoms with Gasteiger partial charge in [-0.3, -0.25) is 0 Å². The standard InChI is InChI=1S/C7H15NO2/c1-7(9)5-8-4-3-6(7)10-2/h6,8-9H,3-5H2,1-2H3. The average Bonchev–Trinajstić information content (AvgIpc) is 1.87. The molecular formula is C7H15NO2. The number of rotatable bonds is 1. The van der Waals surface area contributed by atoms with Gasteiger partial charge >= 0.3 is 0 Å². The van der Waals surface area contributed by atoms with Crippen molar-refractivity contribution in [3.8, 4) is 0 Å². The highest BCUT2D eigenvalue weighted by Gasteiger charge is 2.34. The lowest BCUT2D eigenvalue weighted by atomic mass is 9.93. The van der Waals surface area contributed by atoms with E-state index in [9.17, 15) is 5.11 Å². The van der Waals surface area contributed by atoms with Crippen LogP contribution in [0.5, 0.6) is 0 Å². The Morgan fingerprint density at radius 3 is 2.80 bits per heavy atom. The Labute approximate surface area is 61.4 Å². The largest absolute Gasteiger partial charge is 0.386 e. The Kier molecular flexibility index (Phi) is 2.28. The topological polar surface area (TPSA) is 41.5 Å².